The molecule has 2 atom stereocenters. The number of carbonyl (C=O) groups excluding carboxylic acids is 2. The summed E-state index contributed by atoms with van der Waals surface area (Å²) in [7, 11) is 0. The first-order valence-corrected chi connectivity index (χ1v) is 7.57. The molecule has 1 aromatic rings. The highest BCUT2D eigenvalue weighted by molar-refractivity contribution is 6.01. The molecule has 22 heavy (non-hydrogen) atoms. The molecule has 2 unspecified atom stereocenters. The van der Waals surface area contributed by atoms with Gasteiger partial charge in [0.1, 0.15) is 6.04 Å². The Labute approximate surface area is 136 Å². The number of anilines is 1. The second-order valence-corrected chi connectivity index (χ2v) is 5.82. The standard InChI is InChI=1S/C16H21N3O2.ClH/c1-11-4-6-12(7-5-11)19-10-8-14(16(19)21)18-15(20)13-3-2-9-17-13;/h4-7,13-14,17H,2-3,8-10H2,1H3,(H,18,20);1H. The van der Waals surface area contributed by atoms with E-state index in [-0.39, 0.29) is 36.3 Å². The second-order valence-electron chi connectivity index (χ2n) is 5.82. The summed E-state index contributed by atoms with van der Waals surface area (Å²) < 4.78 is 0. The zero-order valence-corrected chi connectivity index (χ0v) is 13.5. The van der Waals surface area contributed by atoms with Crippen molar-refractivity contribution in [3.63, 3.8) is 0 Å². The predicted molar refractivity (Wildman–Crippen MR) is 88.4 cm³/mol. The summed E-state index contributed by atoms with van der Waals surface area (Å²) in [6.45, 7) is 3.56. The number of carbonyl (C=O) groups is 2. The van der Waals surface area contributed by atoms with Gasteiger partial charge in [-0.2, -0.15) is 0 Å². The average molecular weight is 324 g/mol. The number of rotatable bonds is 3. The maximum absolute atomic E-state index is 12.4. The van der Waals surface area contributed by atoms with Crippen molar-refractivity contribution in [2.45, 2.75) is 38.3 Å². The van der Waals surface area contributed by atoms with E-state index in [2.05, 4.69) is 10.6 Å². The normalized spacial score (nSPS) is 24.2. The van der Waals surface area contributed by atoms with Crippen molar-refractivity contribution in [2.24, 2.45) is 0 Å². The van der Waals surface area contributed by atoms with Crippen LogP contribution in [0.15, 0.2) is 24.3 Å². The quantitative estimate of drug-likeness (QED) is 0.883. The smallest absolute Gasteiger partial charge is 0.249 e. The van der Waals surface area contributed by atoms with Crippen LogP contribution in [0.25, 0.3) is 0 Å². The molecule has 120 valence electrons. The minimum absolute atomic E-state index is 0. The molecule has 2 amide bonds. The van der Waals surface area contributed by atoms with E-state index in [0.717, 1.165) is 25.1 Å². The molecule has 0 aromatic heterocycles. The van der Waals surface area contributed by atoms with E-state index in [1.807, 2.05) is 31.2 Å². The number of hydrogen-bond acceptors (Lipinski definition) is 3. The Morgan fingerprint density at radius 3 is 2.64 bits per heavy atom. The first kappa shape index (κ1) is 16.8. The van der Waals surface area contributed by atoms with Gasteiger partial charge in [0.05, 0.1) is 6.04 Å². The minimum Gasteiger partial charge on any atom is -0.343 e. The monoisotopic (exact) mass is 323 g/mol. The third-order valence-electron chi connectivity index (χ3n) is 4.24. The van der Waals surface area contributed by atoms with E-state index in [9.17, 15) is 9.59 Å². The third-order valence-corrected chi connectivity index (χ3v) is 4.24. The number of nitrogens with zero attached hydrogens (tertiary/aromatic N) is 1. The highest BCUT2D eigenvalue weighted by Crippen LogP contribution is 2.22. The van der Waals surface area contributed by atoms with Crippen LogP contribution in [0.2, 0.25) is 0 Å². The molecule has 0 saturated carbocycles. The van der Waals surface area contributed by atoms with Gasteiger partial charge in [0.25, 0.3) is 0 Å². The fraction of sp³-hybridized carbons (Fsp3) is 0.500. The summed E-state index contributed by atoms with van der Waals surface area (Å²) >= 11 is 0. The molecule has 2 heterocycles. The lowest BCUT2D eigenvalue weighted by Crippen LogP contribution is -2.48. The third kappa shape index (κ3) is 3.42. The van der Waals surface area contributed by atoms with Crippen LogP contribution in [0.5, 0.6) is 0 Å². The van der Waals surface area contributed by atoms with Gasteiger partial charge in [-0.05, 0) is 44.9 Å². The first-order chi connectivity index (χ1) is 10.1. The number of benzene rings is 1. The Morgan fingerprint density at radius 2 is 2.00 bits per heavy atom. The van der Waals surface area contributed by atoms with Crippen molar-refractivity contribution in [1.29, 1.82) is 0 Å². The van der Waals surface area contributed by atoms with Crippen LogP contribution in [-0.2, 0) is 9.59 Å². The number of halogens is 1. The molecule has 0 radical (unpaired) electrons. The Morgan fingerprint density at radius 1 is 1.27 bits per heavy atom. The van der Waals surface area contributed by atoms with Crippen molar-refractivity contribution in [3.05, 3.63) is 29.8 Å². The van der Waals surface area contributed by atoms with Crippen LogP contribution in [0, 0.1) is 6.92 Å². The first-order valence-electron chi connectivity index (χ1n) is 7.57. The van der Waals surface area contributed by atoms with Gasteiger partial charge in [-0.1, -0.05) is 17.7 Å². The zero-order valence-electron chi connectivity index (χ0n) is 12.7. The predicted octanol–water partition coefficient (Wildman–Crippen LogP) is 1.39. The maximum atomic E-state index is 12.4. The van der Waals surface area contributed by atoms with E-state index in [1.165, 1.54) is 5.56 Å². The lowest BCUT2D eigenvalue weighted by atomic mass is 10.2. The van der Waals surface area contributed by atoms with Gasteiger partial charge in [-0.3, -0.25) is 9.59 Å². The van der Waals surface area contributed by atoms with E-state index in [4.69, 9.17) is 0 Å². The Hall–Kier alpha value is -1.59. The van der Waals surface area contributed by atoms with Gasteiger partial charge >= 0.3 is 0 Å². The summed E-state index contributed by atoms with van der Waals surface area (Å²) in [6, 6.07) is 7.38. The van der Waals surface area contributed by atoms with Crippen molar-refractivity contribution < 1.29 is 9.59 Å². The topological polar surface area (TPSA) is 61.4 Å². The van der Waals surface area contributed by atoms with Crippen LogP contribution in [0.3, 0.4) is 0 Å². The molecule has 1 aromatic carbocycles. The highest BCUT2D eigenvalue weighted by atomic mass is 35.5. The fourth-order valence-corrected chi connectivity index (χ4v) is 2.98. The van der Waals surface area contributed by atoms with Gasteiger partial charge in [0, 0.05) is 12.2 Å². The van der Waals surface area contributed by atoms with Crippen LogP contribution in [-0.4, -0.2) is 37.0 Å². The maximum Gasteiger partial charge on any atom is 0.249 e. The molecule has 2 aliphatic heterocycles. The molecule has 5 nitrogen and oxygen atoms in total. The fourth-order valence-electron chi connectivity index (χ4n) is 2.98. The van der Waals surface area contributed by atoms with Crippen LogP contribution in [0.4, 0.5) is 5.69 Å². The summed E-state index contributed by atoms with van der Waals surface area (Å²) in [5, 5.41) is 6.05. The number of hydrogen-bond donors (Lipinski definition) is 2. The summed E-state index contributed by atoms with van der Waals surface area (Å²) in [5.41, 5.74) is 2.07. The molecule has 3 rings (SSSR count). The van der Waals surface area contributed by atoms with Crippen molar-refractivity contribution in [3.8, 4) is 0 Å². The van der Waals surface area contributed by atoms with Crippen molar-refractivity contribution >= 4 is 29.9 Å². The average Bonchev–Trinajstić information content (AvgIpc) is 3.11. The van der Waals surface area contributed by atoms with E-state index >= 15 is 0 Å². The zero-order chi connectivity index (χ0) is 14.8. The van der Waals surface area contributed by atoms with Crippen LogP contribution >= 0.6 is 12.4 Å². The number of amides is 2. The molecule has 6 heteroatoms. The summed E-state index contributed by atoms with van der Waals surface area (Å²) in [4.78, 5) is 26.3. The molecule has 2 saturated heterocycles. The van der Waals surface area contributed by atoms with E-state index in [0.29, 0.717) is 13.0 Å². The summed E-state index contributed by atoms with van der Waals surface area (Å²) in [6.07, 6.45) is 2.55. The largest absolute Gasteiger partial charge is 0.343 e. The minimum atomic E-state index is -0.388. The van der Waals surface area contributed by atoms with Gasteiger partial charge in [0.2, 0.25) is 11.8 Å². The number of nitrogens with one attached hydrogen (secondary N) is 2. The lowest BCUT2D eigenvalue weighted by molar-refractivity contribution is -0.127. The molecular formula is C16H22ClN3O2. The van der Waals surface area contributed by atoms with Gasteiger partial charge in [-0.15, -0.1) is 12.4 Å². The van der Waals surface area contributed by atoms with Gasteiger partial charge in [-0.25, -0.2) is 0 Å². The molecule has 2 fully saturated rings. The van der Waals surface area contributed by atoms with Gasteiger partial charge in [0.15, 0.2) is 0 Å². The molecule has 0 bridgehead atoms. The molecular weight excluding hydrogens is 302 g/mol. The molecule has 2 aliphatic rings. The van der Waals surface area contributed by atoms with E-state index < -0.39 is 0 Å². The Balaban J connectivity index is 0.00000176. The highest BCUT2D eigenvalue weighted by Gasteiger charge is 2.35. The van der Waals surface area contributed by atoms with Crippen molar-refractivity contribution in [1.82, 2.24) is 10.6 Å². The van der Waals surface area contributed by atoms with Crippen LogP contribution in [0.1, 0.15) is 24.8 Å². The van der Waals surface area contributed by atoms with Crippen molar-refractivity contribution in [2.75, 3.05) is 18.0 Å². The summed E-state index contributed by atoms with van der Waals surface area (Å²) in [5.74, 6) is -0.0539. The SMILES string of the molecule is Cc1ccc(N2CCC(NC(=O)C3CCCN3)C2=O)cc1.Cl. The van der Waals surface area contributed by atoms with Crippen LogP contribution < -0.4 is 15.5 Å². The molecule has 2 N–H and O–H groups in total. The van der Waals surface area contributed by atoms with E-state index in [1.54, 1.807) is 4.90 Å². The number of aryl methyl sites for hydroxylation is 1. The Bertz CT molecular complexity index is 541. The lowest BCUT2D eigenvalue weighted by Gasteiger charge is -2.18. The second kappa shape index (κ2) is 7.11. The van der Waals surface area contributed by atoms with Gasteiger partial charge < -0.3 is 15.5 Å². The molecule has 0 spiro atoms. The Kier molecular flexibility index (Phi) is 5.42. The molecule has 0 aliphatic carbocycles.